The molecule has 0 spiro atoms. The van der Waals surface area contributed by atoms with Gasteiger partial charge in [0.1, 0.15) is 12.0 Å². The Bertz CT molecular complexity index is 826. The Labute approximate surface area is 174 Å². The highest BCUT2D eigenvalue weighted by atomic mass is 35.5. The normalized spacial score (nSPS) is 16.3. The fourth-order valence-electron chi connectivity index (χ4n) is 3.50. The topological polar surface area (TPSA) is 78.4 Å². The monoisotopic (exact) mass is 422 g/mol. The summed E-state index contributed by atoms with van der Waals surface area (Å²) in [4.78, 5) is 22.6. The predicted octanol–water partition coefficient (Wildman–Crippen LogP) is 4.57. The lowest BCUT2D eigenvalue weighted by atomic mass is 9.98. The molecule has 1 unspecified atom stereocenters. The minimum atomic E-state index is -0.872. The van der Waals surface area contributed by atoms with Gasteiger partial charge in [0.05, 0.1) is 10.6 Å². The molecule has 0 saturated heterocycles. The van der Waals surface area contributed by atoms with E-state index >= 15 is 0 Å². The molecule has 1 saturated carbocycles. The molecule has 1 aliphatic rings. The minimum absolute atomic E-state index is 0.0826. The van der Waals surface area contributed by atoms with Crippen LogP contribution in [0.15, 0.2) is 30.5 Å². The van der Waals surface area contributed by atoms with E-state index in [1.807, 2.05) is 7.05 Å². The van der Waals surface area contributed by atoms with Crippen LogP contribution in [0, 0.1) is 5.92 Å². The molecule has 0 radical (unpaired) electrons. The highest BCUT2D eigenvalue weighted by Crippen LogP contribution is 2.28. The molecule has 150 valence electrons. The maximum Gasteiger partial charge on any atom is 0.254 e. The van der Waals surface area contributed by atoms with E-state index in [1.165, 1.54) is 12.8 Å². The average Bonchev–Trinajstić information content (AvgIpc) is 2.97. The van der Waals surface area contributed by atoms with Crippen molar-refractivity contribution in [1.82, 2.24) is 15.3 Å². The Morgan fingerprint density at radius 1 is 1.21 bits per heavy atom. The van der Waals surface area contributed by atoms with Crippen LogP contribution in [0.3, 0.4) is 0 Å². The number of nitrogens with one attached hydrogen (secondary N) is 1. The molecule has 0 aliphatic heterocycles. The lowest BCUT2D eigenvalue weighted by Gasteiger charge is -2.23. The van der Waals surface area contributed by atoms with E-state index in [4.69, 9.17) is 23.2 Å². The Morgan fingerprint density at radius 2 is 1.93 bits per heavy atom. The maximum absolute atomic E-state index is 12.7. The van der Waals surface area contributed by atoms with E-state index in [2.05, 4.69) is 15.3 Å². The Kier molecular flexibility index (Phi) is 7.10. The van der Waals surface area contributed by atoms with Crippen molar-refractivity contribution in [2.45, 2.75) is 44.8 Å². The number of aliphatic hydroxyl groups is 1. The molecule has 1 aromatic heterocycles. The van der Waals surface area contributed by atoms with Crippen molar-refractivity contribution in [3.63, 3.8) is 0 Å². The van der Waals surface area contributed by atoms with Crippen molar-refractivity contribution in [1.29, 1.82) is 0 Å². The first-order valence-electron chi connectivity index (χ1n) is 9.46. The van der Waals surface area contributed by atoms with Gasteiger partial charge in [-0.05, 0) is 48.7 Å². The zero-order chi connectivity index (χ0) is 20.1. The second-order valence-corrected chi connectivity index (χ2v) is 7.82. The molecule has 1 amide bonds. The van der Waals surface area contributed by atoms with Crippen LogP contribution < -0.4 is 10.2 Å². The lowest BCUT2D eigenvalue weighted by molar-refractivity contribution is 0.0532. The van der Waals surface area contributed by atoms with Gasteiger partial charge < -0.3 is 15.3 Å². The van der Waals surface area contributed by atoms with Gasteiger partial charge in [-0.3, -0.25) is 4.79 Å². The Hall–Kier alpha value is -1.89. The van der Waals surface area contributed by atoms with Gasteiger partial charge in [-0.1, -0.05) is 37.3 Å². The van der Waals surface area contributed by atoms with Gasteiger partial charge in [-0.2, -0.15) is 0 Å². The van der Waals surface area contributed by atoms with Crippen molar-refractivity contribution in [2.75, 3.05) is 11.9 Å². The second-order valence-electron chi connectivity index (χ2n) is 7.08. The van der Waals surface area contributed by atoms with Crippen molar-refractivity contribution in [3.8, 4) is 0 Å². The van der Waals surface area contributed by atoms with Gasteiger partial charge in [0.2, 0.25) is 5.28 Å². The number of nitrogens with zero attached hydrogens (tertiary/aromatic N) is 3. The van der Waals surface area contributed by atoms with Crippen molar-refractivity contribution < 1.29 is 9.90 Å². The van der Waals surface area contributed by atoms with Gasteiger partial charge >= 0.3 is 0 Å². The summed E-state index contributed by atoms with van der Waals surface area (Å²) < 4.78 is 0. The third kappa shape index (κ3) is 5.13. The fraction of sp³-hybridized carbons (Fsp3) is 0.450. The van der Waals surface area contributed by atoms with Gasteiger partial charge in [0, 0.05) is 24.8 Å². The van der Waals surface area contributed by atoms with Crippen LogP contribution in [-0.4, -0.2) is 34.3 Å². The van der Waals surface area contributed by atoms with Crippen LogP contribution in [0.5, 0.6) is 0 Å². The number of anilines is 2. The Balaban J connectivity index is 1.75. The summed E-state index contributed by atoms with van der Waals surface area (Å²) in [5, 5.41) is 13.7. The van der Waals surface area contributed by atoms with Crippen LogP contribution in [0.1, 0.15) is 48.9 Å². The molecule has 2 N–H and O–H groups in total. The molecule has 1 atom stereocenters. The first kappa shape index (κ1) is 20.8. The third-order valence-electron chi connectivity index (χ3n) is 5.16. The largest absolute Gasteiger partial charge is 0.373 e. The molecule has 1 fully saturated rings. The first-order valence-corrected chi connectivity index (χ1v) is 10.2. The number of rotatable bonds is 5. The summed E-state index contributed by atoms with van der Waals surface area (Å²) in [6, 6.07) is 6.84. The molecule has 3 rings (SSSR count). The molecule has 1 aliphatic carbocycles. The molecule has 1 heterocycles. The van der Waals surface area contributed by atoms with Crippen molar-refractivity contribution >= 4 is 40.6 Å². The van der Waals surface area contributed by atoms with Crippen LogP contribution in [0.4, 0.5) is 11.5 Å². The summed E-state index contributed by atoms with van der Waals surface area (Å²) in [6.07, 6.45) is 7.07. The van der Waals surface area contributed by atoms with Crippen LogP contribution in [0.25, 0.3) is 0 Å². The maximum atomic E-state index is 12.7. The van der Waals surface area contributed by atoms with Gasteiger partial charge in [-0.15, -0.1) is 0 Å². The Morgan fingerprint density at radius 3 is 2.61 bits per heavy atom. The molecule has 2 aromatic rings. The van der Waals surface area contributed by atoms with E-state index in [-0.39, 0.29) is 11.2 Å². The number of halogens is 2. The zero-order valence-electron chi connectivity index (χ0n) is 15.7. The summed E-state index contributed by atoms with van der Waals surface area (Å²) in [7, 11) is 1.81. The second kappa shape index (κ2) is 9.54. The van der Waals surface area contributed by atoms with Crippen LogP contribution >= 0.6 is 23.2 Å². The van der Waals surface area contributed by atoms with E-state index in [1.54, 1.807) is 35.4 Å². The molecule has 1 aromatic carbocycles. The number of aliphatic hydroxyl groups excluding tert-OH is 1. The smallest absolute Gasteiger partial charge is 0.254 e. The summed E-state index contributed by atoms with van der Waals surface area (Å²) in [6.45, 7) is 0. The third-order valence-corrected chi connectivity index (χ3v) is 5.67. The quantitative estimate of drug-likeness (QED) is 0.419. The number of carbonyl (C=O) groups is 1. The minimum Gasteiger partial charge on any atom is -0.373 e. The SMILES string of the molecule is CN(c1ccc(Cl)c(C(=O)NC(O)C2CCCCCC2)c1)c1ccnc(Cl)n1. The van der Waals surface area contributed by atoms with Gasteiger partial charge in [-0.25, -0.2) is 9.97 Å². The first-order chi connectivity index (χ1) is 13.5. The van der Waals surface area contributed by atoms with E-state index < -0.39 is 12.1 Å². The fourth-order valence-corrected chi connectivity index (χ4v) is 3.84. The van der Waals surface area contributed by atoms with Crippen LogP contribution in [0.2, 0.25) is 10.3 Å². The molecular formula is C20H24Cl2N4O2. The molecule has 6 nitrogen and oxygen atoms in total. The van der Waals surface area contributed by atoms with E-state index in [0.717, 1.165) is 25.7 Å². The van der Waals surface area contributed by atoms with E-state index in [0.29, 0.717) is 22.1 Å². The predicted molar refractivity (Wildman–Crippen MR) is 111 cm³/mol. The van der Waals surface area contributed by atoms with E-state index in [9.17, 15) is 9.90 Å². The molecule has 8 heteroatoms. The van der Waals surface area contributed by atoms with Crippen molar-refractivity contribution in [2.24, 2.45) is 5.92 Å². The summed E-state index contributed by atoms with van der Waals surface area (Å²) >= 11 is 12.1. The molecule has 28 heavy (non-hydrogen) atoms. The van der Waals surface area contributed by atoms with Gasteiger partial charge in [0.15, 0.2) is 0 Å². The average molecular weight is 423 g/mol. The van der Waals surface area contributed by atoms with Crippen LogP contribution in [-0.2, 0) is 0 Å². The number of hydrogen-bond donors (Lipinski definition) is 2. The number of benzene rings is 1. The van der Waals surface area contributed by atoms with Gasteiger partial charge in [0.25, 0.3) is 5.91 Å². The molecular weight excluding hydrogens is 399 g/mol. The standard InChI is InChI=1S/C20H24Cl2N4O2/c1-26(17-10-11-23-20(22)24-17)14-8-9-16(21)15(12-14)19(28)25-18(27)13-6-4-2-3-5-7-13/h8-13,18,27H,2-7H2,1H3,(H,25,28). The highest BCUT2D eigenvalue weighted by molar-refractivity contribution is 6.34. The number of hydrogen-bond acceptors (Lipinski definition) is 5. The number of carbonyl (C=O) groups excluding carboxylic acids is 1. The highest BCUT2D eigenvalue weighted by Gasteiger charge is 2.24. The number of amides is 1. The zero-order valence-corrected chi connectivity index (χ0v) is 17.2. The number of aromatic nitrogens is 2. The molecule has 0 bridgehead atoms. The van der Waals surface area contributed by atoms with Crippen molar-refractivity contribution in [3.05, 3.63) is 46.3 Å². The lowest BCUT2D eigenvalue weighted by Crippen LogP contribution is -2.40. The summed E-state index contributed by atoms with van der Waals surface area (Å²) in [5.74, 6) is 0.282. The summed E-state index contributed by atoms with van der Waals surface area (Å²) in [5.41, 5.74) is 1.02.